The lowest BCUT2D eigenvalue weighted by molar-refractivity contribution is -0.150. The lowest BCUT2D eigenvalue weighted by Gasteiger charge is -2.15. The molecule has 0 amide bonds. The smallest absolute Gasteiger partial charge is 0.323 e. The number of aromatic nitrogens is 2. The lowest BCUT2D eigenvalue weighted by atomic mass is 10.2. The Labute approximate surface area is 95.4 Å². The summed E-state index contributed by atoms with van der Waals surface area (Å²) in [6.07, 6.45) is 5.44. The van der Waals surface area contributed by atoms with Crippen molar-refractivity contribution >= 4 is 5.97 Å². The first-order valence-electron chi connectivity index (χ1n) is 5.56. The molecule has 0 bridgehead atoms. The van der Waals surface area contributed by atoms with E-state index in [9.17, 15) is 4.79 Å². The van der Waals surface area contributed by atoms with E-state index in [1.165, 1.54) is 0 Å². The van der Waals surface area contributed by atoms with Crippen molar-refractivity contribution < 1.29 is 9.53 Å². The Balaban J connectivity index is 2.36. The number of imidazole rings is 1. The standard InChI is InChI=1S/C11H19N3O2/c1-3-4-8(2)16-11(15)10(12)5-9-6-13-7-14-9/h6-8,10H,3-5,12H2,1-2H3,(H,13,14). The van der Waals surface area contributed by atoms with Gasteiger partial charge in [-0.3, -0.25) is 4.79 Å². The van der Waals surface area contributed by atoms with Crippen LogP contribution < -0.4 is 5.73 Å². The third-order valence-electron chi connectivity index (χ3n) is 2.31. The SMILES string of the molecule is CCCC(C)OC(=O)C(N)Cc1cnc[nH]1. The molecule has 5 nitrogen and oxygen atoms in total. The summed E-state index contributed by atoms with van der Waals surface area (Å²) in [5.41, 5.74) is 6.57. The normalized spacial score (nSPS) is 14.4. The van der Waals surface area contributed by atoms with E-state index < -0.39 is 6.04 Å². The van der Waals surface area contributed by atoms with Crippen molar-refractivity contribution in [2.75, 3.05) is 0 Å². The number of carbonyl (C=O) groups is 1. The number of nitrogens with zero attached hydrogens (tertiary/aromatic N) is 1. The van der Waals surface area contributed by atoms with E-state index in [-0.39, 0.29) is 12.1 Å². The number of nitrogens with two attached hydrogens (primary N) is 1. The summed E-state index contributed by atoms with van der Waals surface area (Å²) < 4.78 is 5.20. The van der Waals surface area contributed by atoms with E-state index in [0.717, 1.165) is 18.5 Å². The van der Waals surface area contributed by atoms with Crippen LogP contribution in [-0.4, -0.2) is 28.1 Å². The summed E-state index contributed by atoms with van der Waals surface area (Å²) in [5, 5.41) is 0. The molecule has 0 aromatic carbocycles. The van der Waals surface area contributed by atoms with Crippen molar-refractivity contribution in [2.24, 2.45) is 5.73 Å². The summed E-state index contributed by atoms with van der Waals surface area (Å²) in [5.74, 6) is -0.351. The summed E-state index contributed by atoms with van der Waals surface area (Å²) in [6.45, 7) is 3.93. The van der Waals surface area contributed by atoms with Crippen LogP contribution in [0.1, 0.15) is 32.4 Å². The van der Waals surface area contributed by atoms with E-state index in [1.807, 2.05) is 6.92 Å². The van der Waals surface area contributed by atoms with Gasteiger partial charge in [0, 0.05) is 18.3 Å². The first-order chi connectivity index (χ1) is 7.63. The Morgan fingerprint density at radius 3 is 3.00 bits per heavy atom. The minimum Gasteiger partial charge on any atom is -0.462 e. The maximum Gasteiger partial charge on any atom is 0.323 e. The van der Waals surface area contributed by atoms with E-state index in [1.54, 1.807) is 12.5 Å². The fourth-order valence-electron chi connectivity index (χ4n) is 1.47. The van der Waals surface area contributed by atoms with E-state index in [0.29, 0.717) is 6.42 Å². The first kappa shape index (κ1) is 12.7. The number of ether oxygens (including phenoxy) is 1. The number of hydrogen-bond acceptors (Lipinski definition) is 4. The number of rotatable bonds is 6. The molecular formula is C11H19N3O2. The lowest BCUT2D eigenvalue weighted by Crippen LogP contribution is -2.36. The molecule has 90 valence electrons. The maximum absolute atomic E-state index is 11.6. The van der Waals surface area contributed by atoms with Gasteiger partial charge in [0.25, 0.3) is 0 Å². The number of nitrogens with one attached hydrogen (secondary N) is 1. The highest BCUT2D eigenvalue weighted by molar-refractivity contribution is 5.75. The Morgan fingerprint density at radius 1 is 1.69 bits per heavy atom. The largest absolute Gasteiger partial charge is 0.462 e. The van der Waals surface area contributed by atoms with Gasteiger partial charge in [-0.2, -0.15) is 0 Å². The average molecular weight is 225 g/mol. The Kier molecular flexibility index (Phi) is 4.98. The van der Waals surface area contributed by atoms with Crippen LogP contribution in [0.15, 0.2) is 12.5 Å². The highest BCUT2D eigenvalue weighted by atomic mass is 16.5. The van der Waals surface area contributed by atoms with Crippen molar-refractivity contribution in [2.45, 2.75) is 45.3 Å². The summed E-state index contributed by atoms with van der Waals surface area (Å²) in [7, 11) is 0. The predicted molar refractivity (Wildman–Crippen MR) is 60.7 cm³/mol. The van der Waals surface area contributed by atoms with Gasteiger partial charge in [0.1, 0.15) is 6.04 Å². The van der Waals surface area contributed by atoms with E-state index in [4.69, 9.17) is 10.5 Å². The van der Waals surface area contributed by atoms with Crippen LogP contribution in [0, 0.1) is 0 Å². The van der Waals surface area contributed by atoms with Crippen LogP contribution >= 0.6 is 0 Å². The molecule has 1 aromatic heterocycles. The predicted octanol–water partition coefficient (Wildman–Crippen LogP) is 1.01. The zero-order valence-corrected chi connectivity index (χ0v) is 9.77. The second-order valence-electron chi connectivity index (χ2n) is 3.92. The molecule has 3 N–H and O–H groups in total. The van der Waals surface area contributed by atoms with E-state index in [2.05, 4.69) is 16.9 Å². The molecule has 1 aromatic rings. The quantitative estimate of drug-likeness (QED) is 0.708. The van der Waals surface area contributed by atoms with Gasteiger partial charge in [-0.25, -0.2) is 4.98 Å². The highest BCUT2D eigenvalue weighted by Crippen LogP contribution is 2.04. The number of carbonyl (C=O) groups excluding carboxylic acids is 1. The summed E-state index contributed by atoms with van der Waals surface area (Å²) >= 11 is 0. The molecule has 0 saturated heterocycles. The third-order valence-corrected chi connectivity index (χ3v) is 2.31. The summed E-state index contributed by atoms with van der Waals surface area (Å²) in [6, 6.07) is -0.625. The maximum atomic E-state index is 11.6. The molecule has 0 saturated carbocycles. The van der Waals surface area contributed by atoms with Crippen LogP contribution in [0.4, 0.5) is 0 Å². The molecule has 0 spiro atoms. The fourth-order valence-corrected chi connectivity index (χ4v) is 1.47. The van der Waals surface area contributed by atoms with Gasteiger partial charge in [-0.1, -0.05) is 13.3 Å². The topological polar surface area (TPSA) is 81.0 Å². The van der Waals surface area contributed by atoms with Gasteiger partial charge in [-0.05, 0) is 13.3 Å². The number of hydrogen-bond donors (Lipinski definition) is 2. The van der Waals surface area contributed by atoms with Gasteiger partial charge in [0.15, 0.2) is 0 Å². The number of aromatic amines is 1. The van der Waals surface area contributed by atoms with Crippen LogP contribution in [-0.2, 0) is 16.0 Å². The zero-order valence-electron chi connectivity index (χ0n) is 9.77. The molecule has 5 heteroatoms. The second-order valence-corrected chi connectivity index (χ2v) is 3.92. The average Bonchev–Trinajstić information content (AvgIpc) is 2.70. The molecule has 16 heavy (non-hydrogen) atoms. The molecule has 1 rings (SSSR count). The molecule has 0 aliphatic rings. The molecule has 2 unspecified atom stereocenters. The minimum absolute atomic E-state index is 0.0645. The zero-order chi connectivity index (χ0) is 12.0. The van der Waals surface area contributed by atoms with Crippen molar-refractivity contribution in [3.63, 3.8) is 0 Å². The Hall–Kier alpha value is -1.36. The van der Waals surface area contributed by atoms with Crippen molar-refractivity contribution in [1.82, 2.24) is 9.97 Å². The van der Waals surface area contributed by atoms with Crippen molar-refractivity contribution in [1.29, 1.82) is 0 Å². The minimum atomic E-state index is -0.625. The number of esters is 1. The van der Waals surface area contributed by atoms with Crippen molar-refractivity contribution in [3.05, 3.63) is 18.2 Å². The second kappa shape index (κ2) is 6.27. The van der Waals surface area contributed by atoms with Crippen LogP contribution in [0.5, 0.6) is 0 Å². The third kappa shape index (κ3) is 4.02. The molecule has 0 fully saturated rings. The van der Waals surface area contributed by atoms with Gasteiger partial charge in [0.05, 0.1) is 12.4 Å². The van der Waals surface area contributed by atoms with E-state index >= 15 is 0 Å². The molecule has 0 aliphatic carbocycles. The Bertz CT molecular complexity index is 311. The molecular weight excluding hydrogens is 206 g/mol. The number of H-pyrrole nitrogens is 1. The highest BCUT2D eigenvalue weighted by Gasteiger charge is 2.18. The molecule has 1 heterocycles. The Morgan fingerprint density at radius 2 is 2.44 bits per heavy atom. The van der Waals surface area contributed by atoms with Crippen LogP contribution in [0.3, 0.4) is 0 Å². The van der Waals surface area contributed by atoms with Crippen LogP contribution in [0.2, 0.25) is 0 Å². The first-order valence-corrected chi connectivity index (χ1v) is 5.56. The fraction of sp³-hybridized carbons (Fsp3) is 0.636. The van der Waals surface area contributed by atoms with Gasteiger partial charge >= 0.3 is 5.97 Å². The van der Waals surface area contributed by atoms with Gasteiger partial charge in [-0.15, -0.1) is 0 Å². The van der Waals surface area contributed by atoms with Crippen LogP contribution in [0.25, 0.3) is 0 Å². The van der Waals surface area contributed by atoms with Gasteiger partial charge < -0.3 is 15.5 Å². The van der Waals surface area contributed by atoms with Crippen molar-refractivity contribution in [3.8, 4) is 0 Å². The molecule has 0 radical (unpaired) electrons. The van der Waals surface area contributed by atoms with Gasteiger partial charge in [0.2, 0.25) is 0 Å². The summed E-state index contributed by atoms with van der Waals surface area (Å²) in [4.78, 5) is 18.3. The monoisotopic (exact) mass is 225 g/mol. The molecule has 2 atom stereocenters. The molecule has 0 aliphatic heterocycles.